The number of carbonyl (C=O) groups is 1. The molecule has 0 aromatic heterocycles. The Morgan fingerprint density at radius 1 is 0.538 bits per heavy atom. The molecule has 0 aliphatic heterocycles. The third kappa shape index (κ3) is 29.5. The molecule has 0 spiro atoms. The Hall–Kier alpha value is 0.756. The molecule has 4 heteroatoms. The van der Waals surface area contributed by atoms with E-state index in [0.29, 0.717) is 6.42 Å². The quantitative estimate of drug-likeness (QED) is 0.170. The SMILES string of the molecule is CCCCCCCCCCCCCCCCCCCCCC(=O)O.[Fe].[MgH2]. The summed E-state index contributed by atoms with van der Waals surface area (Å²) in [5.74, 6) is -0.651. The van der Waals surface area contributed by atoms with Gasteiger partial charge in [-0.2, -0.15) is 0 Å². The van der Waals surface area contributed by atoms with Crippen molar-refractivity contribution in [1.82, 2.24) is 0 Å². The summed E-state index contributed by atoms with van der Waals surface area (Å²) in [5.41, 5.74) is 0. The topological polar surface area (TPSA) is 37.3 Å². The Morgan fingerprint density at radius 2 is 0.769 bits per heavy atom. The Labute approximate surface area is 190 Å². The minimum Gasteiger partial charge on any atom is -0.481 e. The van der Waals surface area contributed by atoms with Crippen molar-refractivity contribution in [1.29, 1.82) is 0 Å². The van der Waals surface area contributed by atoms with Crippen LogP contribution in [0.1, 0.15) is 135 Å². The van der Waals surface area contributed by atoms with E-state index in [4.69, 9.17) is 5.11 Å². The maximum atomic E-state index is 10.4. The van der Waals surface area contributed by atoms with Crippen molar-refractivity contribution < 1.29 is 27.0 Å². The van der Waals surface area contributed by atoms with E-state index < -0.39 is 5.97 Å². The van der Waals surface area contributed by atoms with E-state index in [0.717, 1.165) is 12.8 Å². The zero-order valence-electron chi connectivity index (χ0n) is 16.9. The second-order valence-corrected chi connectivity index (χ2v) is 7.51. The van der Waals surface area contributed by atoms with Crippen LogP contribution >= 0.6 is 0 Å². The molecule has 0 fully saturated rings. The van der Waals surface area contributed by atoms with Crippen molar-refractivity contribution in [2.24, 2.45) is 0 Å². The standard InChI is InChI=1S/C22H44O2.Fe.Mg.2H/c1-2-3-4-5-6-7-8-9-10-11-12-13-14-15-16-17-18-19-20-21-22(23)24;;;;/h2-21H2,1H3,(H,23,24);;;;. The van der Waals surface area contributed by atoms with Gasteiger partial charge < -0.3 is 5.11 Å². The Bertz CT molecular complexity index is 263. The van der Waals surface area contributed by atoms with Crippen LogP contribution in [-0.2, 0) is 21.9 Å². The third-order valence-corrected chi connectivity index (χ3v) is 4.99. The van der Waals surface area contributed by atoms with Gasteiger partial charge in [-0.15, -0.1) is 0 Å². The fourth-order valence-electron chi connectivity index (χ4n) is 3.35. The van der Waals surface area contributed by atoms with Gasteiger partial charge in [0.15, 0.2) is 0 Å². The number of unbranched alkanes of at least 4 members (excludes halogenated alkanes) is 18. The molecule has 0 radical (unpaired) electrons. The van der Waals surface area contributed by atoms with Crippen molar-refractivity contribution in [2.45, 2.75) is 135 Å². The molecular weight excluding hydrogens is 376 g/mol. The molecule has 0 rings (SSSR count). The summed E-state index contributed by atoms with van der Waals surface area (Å²) in [4.78, 5) is 10.4. The van der Waals surface area contributed by atoms with Crippen molar-refractivity contribution in [2.75, 3.05) is 0 Å². The summed E-state index contributed by atoms with van der Waals surface area (Å²) in [6.07, 6.45) is 26.1. The van der Waals surface area contributed by atoms with Gasteiger partial charge in [0.1, 0.15) is 0 Å². The first-order valence-corrected chi connectivity index (χ1v) is 11.0. The molecule has 26 heavy (non-hydrogen) atoms. The van der Waals surface area contributed by atoms with Gasteiger partial charge in [-0.3, -0.25) is 4.79 Å². The van der Waals surface area contributed by atoms with Crippen LogP contribution < -0.4 is 0 Å². The van der Waals surface area contributed by atoms with Gasteiger partial charge in [-0.1, -0.05) is 122 Å². The van der Waals surface area contributed by atoms with Crippen LogP contribution in [-0.4, -0.2) is 34.1 Å². The smallest absolute Gasteiger partial charge is 0.316 e. The third-order valence-electron chi connectivity index (χ3n) is 4.99. The fraction of sp³-hybridized carbons (Fsp3) is 0.955. The van der Waals surface area contributed by atoms with E-state index in [1.54, 1.807) is 0 Å². The molecule has 0 amide bonds. The molecular formula is C22H46FeMgO2. The van der Waals surface area contributed by atoms with Gasteiger partial charge in [0.05, 0.1) is 0 Å². The number of rotatable bonds is 20. The maximum absolute atomic E-state index is 10.4. The van der Waals surface area contributed by atoms with E-state index in [9.17, 15) is 4.79 Å². The van der Waals surface area contributed by atoms with Crippen LogP contribution in [0.15, 0.2) is 0 Å². The van der Waals surface area contributed by atoms with Crippen molar-refractivity contribution in [3.05, 3.63) is 0 Å². The fourth-order valence-corrected chi connectivity index (χ4v) is 3.35. The van der Waals surface area contributed by atoms with Gasteiger partial charge in [-0.25, -0.2) is 0 Å². The molecule has 0 heterocycles. The monoisotopic (exact) mass is 422 g/mol. The predicted molar refractivity (Wildman–Crippen MR) is 114 cm³/mol. The summed E-state index contributed by atoms with van der Waals surface area (Å²) in [7, 11) is 0. The second-order valence-electron chi connectivity index (χ2n) is 7.51. The van der Waals surface area contributed by atoms with E-state index >= 15 is 0 Å². The Balaban J connectivity index is -0.00000264. The van der Waals surface area contributed by atoms with Gasteiger partial charge in [-0.05, 0) is 6.42 Å². The molecule has 0 unspecified atom stereocenters. The largest absolute Gasteiger partial charge is 0.481 e. The van der Waals surface area contributed by atoms with Crippen LogP contribution in [0.2, 0.25) is 0 Å². The molecule has 0 aromatic carbocycles. The average molecular weight is 423 g/mol. The van der Waals surface area contributed by atoms with Crippen LogP contribution in [0.4, 0.5) is 0 Å². The molecule has 2 nitrogen and oxygen atoms in total. The Kier molecular flexibility index (Phi) is 33.8. The van der Waals surface area contributed by atoms with Crippen molar-refractivity contribution in [3.63, 3.8) is 0 Å². The van der Waals surface area contributed by atoms with Gasteiger partial charge in [0.25, 0.3) is 0 Å². The minimum absolute atomic E-state index is 0. The molecule has 0 saturated heterocycles. The molecule has 0 saturated carbocycles. The van der Waals surface area contributed by atoms with Crippen LogP contribution in [0.5, 0.6) is 0 Å². The van der Waals surface area contributed by atoms with Crippen molar-refractivity contribution >= 4 is 29.0 Å². The maximum Gasteiger partial charge on any atom is 0.316 e. The summed E-state index contributed by atoms with van der Waals surface area (Å²) in [6, 6.07) is 0. The number of carboxylic acids is 1. The average Bonchev–Trinajstić information content (AvgIpc) is 2.56. The number of hydrogen-bond donors (Lipinski definition) is 1. The van der Waals surface area contributed by atoms with E-state index in [1.807, 2.05) is 0 Å². The first-order valence-electron chi connectivity index (χ1n) is 11.0. The van der Waals surface area contributed by atoms with Gasteiger partial charge >= 0.3 is 29.0 Å². The van der Waals surface area contributed by atoms with Gasteiger partial charge in [0, 0.05) is 23.5 Å². The van der Waals surface area contributed by atoms with E-state index in [2.05, 4.69) is 6.92 Å². The minimum atomic E-state index is -0.651. The van der Waals surface area contributed by atoms with Crippen LogP contribution in [0.25, 0.3) is 0 Å². The zero-order valence-corrected chi connectivity index (χ0v) is 18.0. The zero-order chi connectivity index (χ0) is 17.7. The number of aliphatic carboxylic acids is 1. The second kappa shape index (κ2) is 28.0. The molecule has 0 atom stereocenters. The summed E-state index contributed by atoms with van der Waals surface area (Å²) in [5, 5.41) is 8.56. The summed E-state index contributed by atoms with van der Waals surface area (Å²) < 4.78 is 0. The van der Waals surface area contributed by atoms with Gasteiger partial charge in [0.2, 0.25) is 0 Å². The predicted octanol–water partition coefficient (Wildman–Crippen LogP) is 6.97. The molecule has 1 N–H and O–H groups in total. The van der Waals surface area contributed by atoms with Crippen LogP contribution in [0, 0.1) is 0 Å². The number of carboxylic acid groups (broad SMARTS) is 1. The molecule has 0 bridgehead atoms. The summed E-state index contributed by atoms with van der Waals surface area (Å²) in [6.45, 7) is 2.28. The van der Waals surface area contributed by atoms with Crippen molar-refractivity contribution in [3.8, 4) is 0 Å². The normalized spacial score (nSPS) is 10.2. The first kappa shape index (κ1) is 31.5. The molecule has 0 aromatic rings. The first-order chi connectivity index (χ1) is 11.8. The Morgan fingerprint density at radius 3 is 1.00 bits per heavy atom. The molecule has 156 valence electrons. The number of hydrogen-bond acceptors (Lipinski definition) is 1. The van der Waals surface area contributed by atoms with E-state index in [-0.39, 0.29) is 40.1 Å². The van der Waals surface area contributed by atoms with E-state index in [1.165, 1.54) is 109 Å². The molecule has 0 aliphatic rings. The molecule has 0 aliphatic carbocycles. The van der Waals surface area contributed by atoms with Crippen LogP contribution in [0.3, 0.4) is 0 Å². The summed E-state index contributed by atoms with van der Waals surface area (Å²) >= 11 is 0.